The van der Waals surface area contributed by atoms with Crippen LogP contribution in [0.25, 0.3) is 16.2 Å². The molecule has 2 aromatic carbocycles. The van der Waals surface area contributed by atoms with Crippen molar-refractivity contribution >= 4 is 45.3 Å². The van der Waals surface area contributed by atoms with Crippen molar-refractivity contribution in [3.63, 3.8) is 0 Å². The number of rotatable bonds is 5. The minimum atomic E-state index is -0.763. The van der Waals surface area contributed by atoms with Gasteiger partial charge < -0.3 is 11.1 Å². The van der Waals surface area contributed by atoms with Gasteiger partial charge in [-0.1, -0.05) is 18.2 Å². The van der Waals surface area contributed by atoms with Gasteiger partial charge in [0.1, 0.15) is 29.1 Å². The summed E-state index contributed by atoms with van der Waals surface area (Å²) in [6.45, 7) is 0. The Labute approximate surface area is 185 Å². The molecule has 4 aromatic rings. The number of nitrogens with two attached hydrogens (primary N) is 1. The molecule has 160 valence electrons. The Hall–Kier alpha value is -4.05. The second kappa shape index (κ2) is 7.89. The van der Waals surface area contributed by atoms with E-state index in [1.165, 1.54) is 28.5 Å². The summed E-state index contributed by atoms with van der Waals surface area (Å²) in [5.41, 5.74) is 7.57. The van der Waals surface area contributed by atoms with E-state index in [0.29, 0.717) is 27.7 Å². The number of hydrazone groups is 1. The average Bonchev–Trinajstić information content (AvgIpc) is 3.51. The Kier molecular flexibility index (Phi) is 4.91. The number of halogens is 1. The van der Waals surface area contributed by atoms with Crippen LogP contribution >= 0.6 is 11.3 Å². The molecule has 8 nitrogen and oxygen atoms in total. The highest BCUT2D eigenvalue weighted by Gasteiger charge is 2.35. The highest BCUT2D eigenvalue weighted by atomic mass is 32.1. The van der Waals surface area contributed by atoms with Crippen LogP contribution in [0.15, 0.2) is 71.3 Å². The molecular weight excluding hydrogens is 431 g/mol. The lowest BCUT2D eigenvalue weighted by molar-refractivity contribution is -0.119. The van der Waals surface area contributed by atoms with Crippen molar-refractivity contribution in [2.24, 2.45) is 10.8 Å². The molecule has 1 atom stereocenters. The van der Waals surface area contributed by atoms with Gasteiger partial charge in [-0.3, -0.25) is 19.0 Å². The average molecular weight is 448 g/mol. The Morgan fingerprint density at radius 1 is 1.12 bits per heavy atom. The number of imidazole rings is 1. The van der Waals surface area contributed by atoms with Crippen LogP contribution in [-0.2, 0) is 9.59 Å². The third kappa shape index (κ3) is 3.50. The number of primary amides is 1. The SMILES string of the molecule is NC(=O)C1CC(C(=O)Nc2c(-c3ccc(F)cc3)nc3sccn23)=NN1c1ccccc1. The van der Waals surface area contributed by atoms with Gasteiger partial charge in [-0.05, 0) is 36.4 Å². The van der Waals surface area contributed by atoms with E-state index < -0.39 is 17.9 Å². The minimum absolute atomic E-state index is 0.0769. The standard InChI is InChI=1S/C22H17FN6O2S/c23-14-8-6-13(7-9-14)18-20(28-10-11-32-22(28)25-18)26-21(31)16-12-17(19(24)30)29(27-16)15-4-2-1-3-5-15/h1-11,17H,12H2,(H2,24,30)(H,26,31). The summed E-state index contributed by atoms with van der Waals surface area (Å²) in [6.07, 6.45) is 1.86. The number of nitrogens with one attached hydrogen (secondary N) is 1. The summed E-state index contributed by atoms with van der Waals surface area (Å²) in [7, 11) is 0. The number of carbonyl (C=O) groups excluding carboxylic acids is 2. The van der Waals surface area contributed by atoms with Crippen LogP contribution in [0, 0.1) is 5.82 Å². The van der Waals surface area contributed by atoms with Crippen LogP contribution in [0.5, 0.6) is 0 Å². The van der Waals surface area contributed by atoms with E-state index in [2.05, 4.69) is 15.4 Å². The van der Waals surface area contributed by atoms with Crippen LogP contribution in [0.1, 0.15) is 6.42 Å². The molecule has 0 bridgehead atoms. The fourth-order valence-electron chi connectivity index (χ4n) is 3.58. The highest BCUT2D eigenvalue weighted by molar-refractivity contribution is 7.15. The Bertz CT molecular complexity index is 1350. The molecule has 1 unspecified atom stereocenters. The number of fused-ring (bicyclic) bond motifs is 1. The Morgan fingerprint density at radius 2 is 1.88 bits per heavy atom. The summed E-state index contributed by atoms with van der Waals surface area (Å²) in [5, 5.41) is 10.6. The van der Waals surface area contributed by atoms with Gasteiger partial charge in [-0.2, -0.15) is 5.10 Å². The van der Waals surface area contributed by atoms with Gasteiger partial charge >= 0.3 is 0 Å². The van der Waals surface area contributed by atoms with Crippen LogP contribution in [-0.4, -0.2) is 33.0 Å². The zero-order valence-corrected chi connectivity index (χ0v) is 17.4. The summed E-state index contributed by atoms with van der Waals surface area (Å²) in [5.74, 6) is -0.962. The van der Waals surface area contributed by atoms with Gasteiger partial charge in [-0.25, -0.2) is 9.37 Å². The first-order valence-electron chi connectivity index (χ1n) is 9.75. The minimum Gasteiger partial charge on any atom is -0.368 e. The quantitative estimate of drug-likeness (QED) is 0.489. The number of thiazole rings is 1. The lowest BCUT2D eigenvalue weighted by atomic mass is 10.1. The van der Waals surface area contributed by atoms with Crippen LogP contribution < -0.4 is 16.1 Å². The molecule has 0 aliphatic carbocycles. The topological polar surface area (TPSA) is 105 Å². The first-order valence-corrected chi connectivity index (χ1v) is 10.6. The number of hydrogen-bond acceptors (Lipinski definition) is 6. The number of anilines is 2. The van der Waals surface area contributed by atoms with Crippen molar-refractivity contribution < 1.29 is 14.0 Å². The molecule has 1 aliphatic rings. The number of para-hydroxylation sites is 1. The molecule has 0 spiro atoms. The first kappa shape index (κ1) is 19.9. The molecular formula is C22H17FN6O2S. The zero-order chi connectivity index (χ0) is 22.2. The lowest BCUT2D eigenvalue weighted by Gasteiger charge is -2.20. The molecule has 1 aliphatic heterocycles. The third-order valence-corrected chi connectivity index (χ3v) is 5.89. The number of hydrogen-bond donors (Lipinski definition) is 2. The first-order chi connectivity index (χ1) is 15.5. The summed E-state index contributed by atoms with van der Waals surface area (Å²) in [4.78, 5) is 30.4. The van der Waals surface area contributed by atoms with E-state index in [-0.39, 0.29) is 17.9 Å². The van der Waals surface area contributed by atoms with Crippen molar-refractivity contribution in [1.82, 2.24) is 9.38 Å². The van der Waals surface area contributed by atoms with Crippen LogP contribution in [0.3, 0.4) is 0 Å². The van der Waals surface area contributed by atoms with Gasteiger partial charge in [0.15, 0.2) is 4.96 Å². The molecule has 32 heavy (non-hydrogen) atoms. The molecule has 0 saturated heterocycles. The van der Waals surface area contributed by atoms with Crippen molar-refractivity contribution in [2.45, 2.75) is 12.5 Å². The number of carbonyl (C=O) groups is 2. The Morgan fingerprint density at radius 3 is 2.59 bits per heavy atom. The van der Waals surface area contributed by atoms with Gasteiger partial charge in [-0.15, -0.1) is 11.3 Å². The molecule has 0 radical (unpaired) electrons. The van der Waals surface area contributed by atoms with Gasteiger partial charge in [0.2, 0.25) is 5.91 Å². The third-order valence-electron chi connectivity index (χ3n) is 5.13. The van der Waals surface area contributed by atoms with E-state index in [0.717, 1.165) is 0 Å². The van der Waals surface area contributed by atoms with Crippen LogP contribution in [0.2, 0.25) is 0 Å². The summed E-state index contributed by atoms with van der Waals surface area (Å²) in [6, 6.07) is 14.2. The van der Waals surface area contributed by atoms with Crippen molar-refractivity contribution in [3.8, 4) is 11.3 Å². The summed E-state index contributed by atoms with van der Waals surface area (Å²) < 4.78 is 15.1. The zero-order valence-electron chi connectivity index (χ0n) is 16.6. The van der Waals surface area contributed by atoms with Crippen molar-refractivity contribution in [3.05, 3.63) is 72.0 Å². The fraction of sp³-hybridized carbons (Fsp3) is 0.0909. The van der Waals surface area contributed by atoms with E-state index in [1.807, 2.05) is 23.6 Å². The van der Waals surface area contributed by atoms with Crippen molar-refractivity contribution in [2.75, 3.05) is 10.3 Å². The van der Waals surface area contributed by atoms with Gasteiger partial charge in [0.05, 0.1) is 5.69 Å². The molecule has 3 heterocycles. The van der Waals surface area contributed by atoms with Gasteiger partial charge in [0, 0.05) is 23.6 Å². The predicted octanol–water partition coefficient (Wildman–Crippen LogP) is 3.26. The molecule has 0 saturated carbocycles. The summed E-state index contributed by atoms with van der Waals surface area (Å²) >= 11 is 1.41. The molecule has 2 aromatic heterocycles. The maximum Gasteiger partial charge on any atom is 0.273 e. The van der Waals surface area contributed by atoms with Crippen molar-refractivity contribution in [1.29, 1.82) is 0 Å². The number of benzene rings is 2. The van der Waals surface area contributed by atoms with E-state index in [1.54, 1.807) is 34.9 Å². The highest BCUT2D eigenvalue weighted by Crippen LogP contribution is 2.31. The lowest BCUT2D eigenvalue weighted by Crippen LogP contribution is -2.39. The van der Waals surface area contributed by atoms with E-state index in [9.17, 15) is 14.0 Å². The number of aromatic nitrogens is 2. The fourth-order valence-corrected chi connectivity index (χ4v) is 4.30. The smallest absolute Gasteiger partial charge is 0.273 e. The van der Waals surface area contributed by atoms with E-state index >= 15 is 0 Å². The molecule has 5 rings (SSSR count). The normalized spacial score (nSPS) is 15.7. The second-order valence-corrected chi connectivity index (χ2v) is 8.05. The maximum absolute atomic E-state index is 13.4. The number of nitrogens with zero attached hydrogens (tertiary/aromatic N) is 4. The van der Waals surface area contributed by atoms with Crippen LogP contribution in [0.4, 0.5) is 15.9 Å². The molecule has 10 heteroatoms. The number of amides is 2. The largest absolute Gasteiger partial charge is 0.368 e. The molecule has 2 amide bonds. The van der Waals surface area contributed by atoms with E-state index in [4.69, 9.17) is 5.73 Å². The Balaban J connectivity index is 1.49. The maximum atomic E-state index is 13.4. The molecule has 3 N–H and O–H groups in total. The second-order valence-electron chi connectivity index (χ2n) is 7.17. The predicted molar refractivity (Wildman–Crippen MR) is 121 cm³/mol. The monoisotopic (exact) mass is 448 g/mol. The van der Waals surface area contributed by atoms with Gasteiger partial charge in [0.25, 0.3) is 5.91 Å². The molecule has 0 fully saturated rings.